The van der Waals surface area contributed by atoms with Gasteiger partial charge in [-0.25, -0.2) is 0 Å². The first-order chi connectivity index (χ1) is 12.2. The molecule has 132 valence electrons. The number of rotatable bonds is 6. The molecule has 0 atom stereocenters. The third-order valence-corrected chi connectivity index (χ3v) is 3.87. The summed E-state index contributed by atoms with van der Waals surface area (Å²) in [6, 6.07) is 7.52. The van der Waals surface area contributed by atoms with E-state index < -0.39 is 0 Å². The summed E-state index contributed by atoms with van der Waals surface area (Å²) in [6.45, 7) is 0.197. The van der Waals surface area contributed by atoms with Gasteiger partial charge in [0.05, 0.1) is 28.4 Å². The van der Waals surface area contributed by atoms with Crippen molar-refractivity contribution in [3.63, 3.8) is 0 Å². The summed E-state index contributed by atoms with van der Waals surface area (Å²) in [5.41, 5.74) is 1.77. The third-order valence-electron chi connectivity index (χ3n) is 3.87. The van der Waals surface area contributed by atoms with E-state index in [0.717, 1.165) is 11.1 Å². The molecule has 0 N–H and O–H groups in total. The van der Waals surface area contributed by atoms with Crippen LogP contribution in [0.15, 0.2) is 24.3 Å². The molecule has 2 aromatic carbocycles. The van der Waals surface area contributed by atoms with Gasteiger partial charge in [-0.3, -0.25) is 0 Å². The fourth-order valence-electron chi connectivity index (χ4n) is 2.69. The third kappa shape index (κ3) is 3.15. The monoisotopic (exact) mass is 344 g/mol. The second kappa shape index (κ2) is 7.25. The molecule has 0 amide bonds. The Morgan fingerprint density at radius 1 is 0.800 bits per heavy atom. The topological polar surface area (TPSA) is 55.4 Å². The first kappa shape index (κ1) is 16.8. The van der Waals surface area contributed by atoms with Crippen LogP contribution >= 0.6 is 0 Å². The van der Waals surface area contributed by atoms with Gasteiger partial charge in [0.15, 0.2) is 23.0 Å². The molecule has 0 spiro atoms. The average molecular weight is 344 g/mol. The molecule has 0 saturated heterocycles. The Hall–Kier alpha value is -3.02. The predicted molar refractivity (Wildman–Crippen MR) is 94.1 cm³/mol. The maximum absolute atomic E-state index is 5.49. The van der Waals surface area contributed by atoms with E-state index in [2.05, 4.69) is 0 Å². The van der Waals surface area contributed by atoms with Gasteiger partial charge in [0.25, 0.3) is 0 Å². The molecule has 0 aliphatic carbocycles. The lowest BCUT2D eigenvalue weighted by Gasteiger charge is -2.14. The summed E-state index contributed by atoms with van der Waals surface area (Å²) < 4.78 is 32.4. The number of hydrogen-bond acceptors (Lipinski definition) is 6. The van der Waals surface area contributed by atoms with E-state index in [9.17, 15) is 0 Å². The molecular formula is C19H20O6. The lowest BCUT2D eigenvalue weighted by atomic mass is 10.1. The largest absolute Gasteiger partial charge is 0.493 e. The highest BCUT2D eigenvalue weighted by Crippen LogP contribution is 2.43. The minimum absolute atomic E-state index is 0.197. The summed E-state index contributed by atoms with van der Waals surface area (Å²) >= 11 is 0. The zero-order chi connectivity index (χ0) is 17.8. The average Bonchev–Trinajstić information content (AvgIpc) is 3.13. The zero-order valence-corrected chi connectivity index (χ0v) is 14.6. The van der Waals surface area contributed by atoms with Crippen LogP contribution in [0.2, 0.25) is 0 Å². The molecule has 1 aliphatic heterocycles. The molecule has 0 radical (unpaired) electrons. The Morgan fingerprint density at radius 2 is 1.56 bits per heavy atom. The molecule has 0 bridgehead atoms. The van der Waals surface area contributed by atoms with E-state index in [0.29, 0.717) is 34.5 Å². The van der Waals surface area contributed by atoms with E-state index in [-0.39, 0.29) is 6.79 Å². The van der Waals surface area contributed by atoms with E-state index in [1.807, 2.05) is 36.4 Å². The fourth-order valence-corrected chi connectivity index (χ4v) is 2.69. The van der Waals surface area contributed by atoms with Crippen LogP contribution in [0.4, 0.5) is 0 Å². The van der Waals surface area contributed by atoms with Crippen LogP contribution in [0.5, 0.6) is 34.5 Å². The smallest absolute Gasteiger partial charge is 0.231 e. The van der Waals surface area contributed by atoms with Gasteiger partial charge in [-0.05, 0) is 29.8 Å². The second-order valence-corrected chi connectivity index (χ2v) is 5.21. The van der Waals surface area contributed by atoms with Crippen LogP contribution in [-0.2, 0) is 0 Å². The van der Waals surface area contributed by atoms with Crippen molar-refractivity contribution in [1.82, 2.24) is 0 Å². The van der Waals surface area contributed by atoms with Crippen molar-refractivity contribution in [1.29, 1.82) is 0 Å². The lowest BCUT2D eigenvalue weighted by Crippen LogP contribution is -1.96. The van der Waals surface area contributed by atoms with Gasteiger partial charge in [0.2, 0.25) is 18.3 Å². The van der Waals surface area contributed by atoms with Crippen LogP contribution in [0.1, 0.15) is 11.1 Å². The minimum atomic E-state index is 0.197. The van der Waals surface area contributed by atoms with Crippen molar-refractivity contribution in [2.24, 2.45) is 0 Å². The molecule has 1 heterocycles. The fraction of sp³-hybridized carbons (Fsp3) is 0.263. The highest BCUT2D eigenvalue weighted by molar-refractivity contribution is 5.77. The van der Waals surface area contributed by atoms with Crippen LogP contribution in [0.3, 0.4) is 0 Å². The number of hydrogen-bond donors (Lipinski definition) is 0. The second-order valence-electron chi connectivity index (χ2n) is 5.21. The first-order valence-electron chi connectivity index (χ1n) is 7.66. The number of benzene rings is 2. The van der Waals surface area contributed by atoms with Crippen LogP contribution in [0.25, 0.3) is 12.2 Å². The lowest BCUT2D eigenvalue weighted by molar-refractivity contribution is 0.171. The van der Waals surface area contributed by atoms with Gasteiger partial charge in [-0.15, -0.1) is 0 Å². The molecule has 1 aliphatic rings. The van der Waals surface area contributed by atoms with E-state index in [1.54, 1.807) is 28.4 Å². The van der Waals surface area contributed by atoms with Crippen molar-refractivity contribution < 1.29 is 28.4 Å². The highest BCUT2D eigenvalue weighted by atomic mass is 16.7. The number of ether oxygens (including phenoxy) is 6. The SMILES string of the molecule is COc1cc(C=Cc2ccc(OC)c(OC)c2OC)cc2c1OCO2. The Morgan fingerprint density at radius 3 is 2.24 bits per heavy atom. The van der Waals surface area contributed by atoms with Crippen LogP contribution in [-0.4, -0.2) is 35.2 Å². The minimum Gasteiger partial charge on any atom is -0.493 e. The van der Waals surface area contributed by atoms with Gasteiger partial charge in [-0.2, -0.15) is 0 Å². The Kier molecular flexibility index (Phi) is 4.88. The molecule has 2 aromatic rings. The van der Waals surface area contributed by atoms with E-state index in [4.69, 9.17) is 28.4 Å². The summed E-state index contributed by atoms with van der Waals surface area (Å²) in [4.78, 5) is 0. The summed E-state index contributed by atoms with van der Waals surface area (Å²) in [5, 5.41) is 0. The first-order valence-corrected chi connectivity index (χ1v) is 7.66. The molecule has 25 heavy (non-hydrogen) atoms. The maximum atomic E-state index is 5.49. The van der Waals surface area contributed by atoms with Crippen molar-refractivity contribution in [3.8, 4) is 34.5 Å². The van der Waals surface area contributed by atoms with Crippen LogP contribution in [0, 0.1) is 0 Å². The summed E-state index contributed by atoms with van der Waals surface area (Å²) in [7, 11) is 6.36. The highest BCUT2D eigenvalue weighted by Gasteiger charge is 2.19. The van der Waals surface area contributed by atoms with Crippen LogP contribution < -0.4 is 28.4 Å². The van der Waals surface area contributed by atoms with Crippen molar-refractivity contribution >= 4 is 12.2 Å². The normalized spacial score (nSPS) is 12.3. The van der Waals surface area contributed by atoms with Crippen molar-refractivity contribution in [3.05, 3.63) is 35.4 Å². The summed E-state index contributed by atoms with van der Waals surface area (Å²) in [6.07, 6.45) is 3.87. The summed E-state index contributed by atoms with van der Waals surface area (Å²) in [5.74, 6) is 3.69. The van der Waals surface area contributed by atoms with Crippen molar-refractivity contribution in [2.45, 2.75) is 0 Å². The van der Waals surface area contributed by atoms with Gasteiger partial charge in [-0.1, -0.05) is 12.2 Å². The van der Waals surface area contributed by atoms with E-state index in [1.165, 1.54) is 0 Å². The molecule has 0 unspecified atom stereocenters. The van der Waals surface area contributed by atoms with Crippen molar-refractivity contribution in [2.75, 3.05) is 35.2 Å². The number of fused-ring (bicyclic) bond motifs is 1. The molecule has 3 rings (SSSR count). The molecule has 0 aromatic heterocycles. The van der Waals surface area contributed by atoms with Gasteiger partial charge >= 0.3 is 0 Å². The Labute approximate surface area is 146 Å². The zero-order valence-electron chi connectivity index (χ0n) is 14.6. The van der Waals surface area contributed by atoms with Gasteiger partial charge in [0.1, 0.15) is 0 Å². The molecule has 6 heteroatoms. The van der Waals surface area contributed by atoms with E-state index >= 15 is 0 Å². The quantitative estimate of drug-likeness (QED) is 0.746. The van der Waals surface area contributed by atoms with Gasteiger partial charge < -0.3 is 28.4 Å². The molecule has 6 nitrogen and oxygen atoms in total. The maximum Gasteiger partial charge on any atom is 0.231 e. The molecule has 0 fully saturated rings. The Balaban J connectivity index is 1.97. The standard InChI is InChI=1S/C19H20O6/c1-20-14-8-7-13(17(22-3)19(14)23-4)6-5-12-9-15(21-2)18-16(10-12)24-11-25-18/h5-10H,11H2,1-4H3. The number of methoxy groups -OCH3 is 4. The van der Waals surface area contributed by atoms with Gasteiger partial charge in [0, 0.05) is 5.56 Å². The molecule has 0 saturated carbocycles. The molecular weight excluding hydrogens is 324 g/mol. The predicted octanol–water partition coefficient (Wildman–Crippen LogP) is 3.62. The Bertz CT molecular complexity index is 797.